The molecule has 0 saturated carbocycles. The number of aromatic nitrogens is 1. The second-order valence-electron chi connectivity index (χ2n) is 5.29. The number of carbonyl (C=O) groups excluding carboxylic acids is 1. The molecule has 106 valence electrons. The van der Waals surface area contributed by atoms with Gasteiger partial charge in [-0.2, -0.15) is 0 Å². The van der Waals surface area contributed by atoms with Crippen molar-refractivity contribution in [3.63, 3.8) is 0 Å². The van der Waals surface area contributed by atoms with Gasteiger partial charge in [0.2, 0.25) is 5.91 Å². The van der Waals surface area contributed by atoms with Crippen LogP contribution < -0.4 is 0 Å². The molecule has 1 aromatic rings. The molecule has 1 fully saturated rings. The Morgan fingerprint density at radius 1 is 1.25 bits per heavy atom. The molecule has 0 radical (unpaired) electrons. The van der Waals surface area contributed by atoms with Crippen LogP contribution in [0.1, 0.15) is 24.5 Å². The molecule has 0 unspecified atom stereocenters. The molecule has 20 heavy (non-hydrogen) atoms. The van der Waals surface area contributed by atoms with Crippen molar-refractivity contribution in [3.8, 4) is 0 Å². The van der Waals surface area contributed by atoms with Gasteiger partial charge in [-0.3, -0.25) is 9.59 Å². The van der Waals surface area contributed by atoms with E-state index in [0.29, 0.717) is 19.0 Å². The molecular formula is C14H16N2O3S. The Morgan fingerprint density at radius 2 is 1.95 bits per heavy atom. The zero-order valence-electron chi connectivity index (χ0n) is 10.9. The summed E-state index contributed by atoms with van der Waals surface area (Å²) < 4.78 is 0. The molecule has 0 spiro atoms. The summed E-state index contributed by atoms with van der Waals surface area (Å²) in [7, 11) is 0. The molecule has 1 aromatic heterocycles. The van der Waals surface area contributed by atoms with Crippen molar-refractivity contribution in [3.05, 3.63) is 28.7 Å². The topological polar surface area (TPSA) is 70.5 Å². The van der Waals surface area contributed by atoms with Gasteiger partial charge in [-0.1, -0.05) is 12.2 Å². The number of likely N-dealkylation sites (tertiary alicyclic amines) is 1. The van der Waals surface area contributed by atoms with Gasteiger partial charge in [0, 0.05) is 24.4 Å². The van der Waals surface area contributed by atoms with Crippen molar-refractivity contribution in [2.75, 3.05) is 13.1 Å². The molecule has 2 aliphatic rings. The highest BCUT2D eigenvalue weighted by Crippen LogP contribution is 2.32. The van der Waals surface area contributed by atoms with E-state index in [2.05, 4.69) is 10.4 Å². The van der Waals surface area contributed by atoms with Gasteiger partial charge in [-0.25, -0.2) is 4.98 Å². The van der Waals surface area contributed by atoms with Crippen molar-refractivity contribution in [1.29, 1.82) is 0 Å². The summed E-state index contributed by atoms with van der Waals surface area (Å²) in [6, 6.07) is 0. The van der Waals surface area contributed by atoms with E-state index in [1.165, 1.54) is 0 Å². The molecule has 0 bridgehead atoms. The van der Waals surface area contributed by atoms with Crippen LogP contribution in [0.5, 0.6) is 0 Å². The van der Waals surface area contributed by atoms with E-state index in [1.807, 2.05) is 5.51 Å². The maximum atomic E-state index is 12.3. The van der Waals surface area contributed by atoms with Gasteiger partial charge in [0.05, 0.1) is 23.0 Å². The van der Waals surface area contributed by atoms with E-state index in [9.17, 15) is 9.59 Å². The van der Waals surface area contributed by atoms with Gasteiger partial charge in [-0.05, 0) is 12.8 Å². The molecule has 2 atom stereocenters. The number of aliphatic carboxylic acids is 1. The van der Waals surface area contributed by atoms with Crippen LogP contribution in [-0.4, -0.2) is 40.0 Å². The number of carboxylic acids is 1. The number of nitrogens with zero attached hydrogens (tertiary/aromatic N) is 2. The molecule has 1 N–H and O–H groups in total. The fourth-order valence-electron chi connectivity index (χ4n) is 2.84. The fraction of sp³-hybridized carbons (Fsp3) is 0.500. The van der Waals surface area contributed by atoms with Crippen LogP contribution >= 0.6 is 11.3 Å². The predicted molar refractivity (Wildman–Crippen MR) is 74.4 cm³/mol. The Balaban J connectivity index is 1.57. The number of carbonyl (C=O) groups is 2. The average molecular weight is 292 g/mol. The SMILES string of the molecule is O=C(O)[C@@H]1C=C[C@@H]1C(=O)N1CCC(c2cscn2)CC1. The molecule has 3 rings (SSSR count). The number of piperidine rings is 1. The third-order valence-corrected chi connectivity index (χ3v) is 4.76. The smallest absolute Gasteiger partial charge is 0.311 e. The standard InChI is InChI=1S/C14H16N2O3S/c17-13(10-1-2-11(10)14(18)19)16-5-3-9(4-6-16)12-7-20-8-15-12/h1-2,7-11H,3-6H2,(H,18,19)/t10-,11+/m0/s1. The van der Waals surface area contributed by atoms with Crippen molar-refractivity contribution in [1.82, 2.24) is 9.88 Å². The summed E-state index contributed by atoms with van der Waals surface area (Å²) in [4.78, 5) is 29.4. The lowest BCUT2D eigenvalue weighted by molar-refractivity contribution is -0.148. The van der Waals surface area contributed by atoms with Crippen LogP contribution in [0.25, 0.3) is 0 Å². The third kappa shape index (κ3) is 2.35. The minimum atomic E-state index is -0.914. The van der Waals surface area contributed by atoms with E-state index in [4.69, 9.17) is 5.11 Å². The van der Waals surface area contributed by atoms with Gasteiger partial charge in [-0.15, -0.1) is 11.3 Å². The quantitative estimate of drug-likeness (QED) is 0.861. The van der Waals surface area contributed by atoms with Gasteiger partial charge < -0.3 is 10.0 Å². The van der Waals surface area contributed by atoms with E-state index < -0.39 is 17.8 Å². The van der Waals surface area contributed by atoms with Crippen LogP contribution in [0.3, 0.4) is 0 Å². The van der Waals surface area contributed by atoms with E-state index in [0.717, 1.165) is 18.5 Å². The lowest BCUT2D eigenvalue weighted by Gasteiger charge is -2.36. The van der Waals surface area contributed by atoms with Crippen LogP contribution in [0.4, 0.5) is 0 Å². The van der Waals surface area contributed by atoms with Crippen LogP contribution in [-0.2, 0) is 9.59 Å². The summed E-state index contributed by atoms with van der Waals surface area (Å²) >= 11 is 1.60. The van der Waals surface area contributed by atoms with Gasteiger partial charge in [0.15, 0.2) is 0 Å². The van der Waals surface area contributed by atoms with Crippen molar-refractivity contribution >= 4 is 23.2 Å². The molecule has 1 saturated heterocycles. The second kappa shape index (κ2) is 5.36. The van der Waals surface area contributed by atoms with Gasteiger partial charge in [0.25, 0.3) is 0 Å². The van der Waals surface area contributed by atoms with E-state index in [-0.39, 0.29) is 5.91 Å². The number of thiazole rings is 1. The van der Waals surface area contributed by atoms with Crippen LogP contribution in [0, 0.1) is 11.8 Å². The predicted octanol–water partition coefficient (Wildman–Crippen LogP) is 1.74. The first-order chi connectivity index (χ1) is 9.66. The highest BCUT2D eigenvalue weighted by atomic mass is 32.1. The summed E-state index contributed by atoms with van der Waals surface area (Å²) in [6.07, 6.45) is 5.11. The highest BCUT2D eigenvalue weighted by Gasteiger charge is 2.39. The number of hydrogen-bond acceptors (Lipinski definition) is 4. The molecule has 1 aliphatic carbocycles. The monoisotopic (exact) mass is 292 g/mol. The van der Waals surface area contributed by atoms with Crippen molar-refractivity contribution < 1.29 is 14.7 Å². The second-order valence-corrected chi connectivity index (χ2v) is 6.01. The molecular weight excluding hydrogens is 276 g/mol. The van der Waals surface area contributed by atoms with E-state index in [1.54, 1.807) is 28.4 Å². The lowest BCUT2D eigenvalue weighted by atomic mass is 9.80. The molecule has 5 nitrogen and oxygen atoms in total. The molecule has 2 heterocycles. The van der Waals surface area contributed by atoms with E-state index >= 15 is 0 Å². The number of rotatable bonds is 3. The van der Waals surface area contributed by atoms with Gasteiger partial charge in [0.1, 0.15) is 0 Å². The summed E-state index contributed by atoms with van der Waals surface area (Å²) in [6.45, 7) is 1.38. The first kappa shape index (κ1) is 13.3. The summed E-state index contributed by atoms with van der Waals surface area (Å²) in [5, 5.41) is 11.1. The lowest BCUT2D eigenvalue weighted by Crippen LogP contribution is -2.46. The Labute approximate surface area is 120 Å². The maximum Gasteiger partial charge on any atom is 0.311 e. The molecule has 1 amide bonds. The zero-order valence-corrected chi connectivity index (χ0v) is 11.8. The van der Waals surface area contributed by atoms with Crippen molar-refractivity contribution in [2.24, 2.45) is 11.8 Å². The Kier molecular flexibility index (Phi) is 3.56. The third-order valence-electron chi connectivity index (χ3n) is 4.16. The number of hydrogen-bond donors (Lipinski definition) is 1. The van der Waals surface area contributed by atoms with Gasteiger partial charge >= 0.3 is 5.97 Å². The Hall–Kier alpha value is -1.69. The fourth-order valence-corrected chi connectivity index (χ4v) is 3.47. The first-order valence-electron chi connectivity index (χ1n) is 6.75. The van der Waals surface area contributed by atoms with Crippen LogP contribution in [0.15, 0.2) is 23.0 Å². The van der Waals surface area contributed by atoms with Crippen molar-refractivity contribution in [2.45, 2.75) is 18.8 Å². The summed E-state index contributed by atoms with van der Waals surface area (Å²) in [5.74, 6) is -1.64. The minimum absolute atomic E-state index is 0.0448. The Morgan fingerprint density at radius 3 is 2.45 bits per heavy atom. The molecule has 1 aliphatic heterocycles. The molecule has 0 aromatic carbocycles. The minimum Gasteiger partial charge on any atom is -0.481 e. The Bertz CT molecular complexity index is 533. The highest BCUT2D eigenvalue weighted by molar-refractivity contribution is 7.07. The number of carboxylic acid groups (broad SMARTS) is 1. The largest absolute Gasteiger partial charge is 0.481 e. The maximum absolute atomic E-state index is 12.3. The zero-order chi connectivity index (χ0) is 14.1. The number of amides is 1. The summed E-state index contributed by atoms with van der Waals surface area (Å²) in [5.41, 5.74) is 2.96. The average Bonchev–Trinajstić information content (AvgIpc) is 2.90. The normalized spacial score (nSPS) is 26.3. The van der Waals surface area contributed by atoms with Crippen LogP contribution in [0.2, 0.25) is 0 Å². The first-order valence-corrected chi connectivity index (χ1v) is 7.69. The molecule has 6 heteroatoms.